The minimum Gasteiger partial charge on any atom is -0.393 e. The van der Waals surface area contributed by atoms with Gasteiger partial charge in [-0.05, 0) is 30.4 Å². The lowest BCUT2D eigenvalue weighted by atomic mass is 9.86. The Bertz CT molecular complexity index is 394. The molecule has 0 bridgehead atoms. The summed E-state index contributed by atoms with van der Waals surface area (Å²) in [6.07, 6.45) is 1.69. The molecular weight excluding hydrogens is 232 g/mol. The Morgan fingerprint density at radius 2 is 2.24 bits per heavy atom. The topological polar surface area (TPSA) is 29.5 Å². The van der Waals surface area contributed by atoms with Crippen LogP contribution in [-0.2, 0) is 4.74 Å². The van der Waals surface area contributed by atoms with Gasteiger partial charge in [-0.25, -0.2) is 0 Å². The van der Waals surface area contributed by atoms with Crippen molar-refractivity contribution in [3.63, 3.8) is 0 Å². The van der Waals surface area contributed by atoms with Crippen molar-refractivity contribution >= 4 is 11.8 Å². The minimum atomic E-state index is -0.165. The summed E-state index contributed by atoms with van der Waals surface area (Å²) in [4.78, 5) is 1.42. The molecule has 3 rings (SSSR count). The first kappa shape index (κ1) is 11.6. The molecule has 2 nitrogen and oxygen atoms in total. The highest BCUT2D eigenvalue weighted by Crippen LogP contribution is 2.43. The molecule has 0 saturated carbocycles. The molecule has 17 heavy (non-hydrogen) atoms. The number of aliphatic hydroxyl groups is 1. The van der Waals surface area contributed by atoms with E-state index in [0.29, 0.717) is 18.4 Å². The quantitative estimate of drug-likeness (QED) is 0.875. The van der Waals surface area contributed by atoms with E-state index in [-0.39, 0.29) is 6.10 Å². The lowest BCUT2D eigenvalue weighted by molar-refractivity contribution is -0.0399. The van der Waals surface area contributed by atoms with Gasteiger partial charge in [-0.3, -0.25) is 0 Å². The average molecular weight is 250 g/mol. The fourth-order valence-electron chi connectivity index (χ4n) is 2.80. The third-order valence-corrected chi connectivity index (χ3v) is 5.07. The maximum atomic E-state index is 9.99. The Hall–Kier alpha value is -0.510. The highest BCUT2D eigenvalue weighted by Gasteiger charge is 2.30. The first-order chi connectivity index (χ1) is 8.34. The molecule has 2 aliphatic rings. The van der Waals surface area contributed by atoms with Gasteiger partial charge in [0, 0.05) is 23.2 Å². The lowest BCUT2D eigenvalue weighted by Gasteiger charge is -2.29. The summed E-state index contributed by atoms with van der Waals surface area (Å²) in [5.41, 5.74) is 1.47. The fourth-order valence-corrected chi connectivity index (χ4v) is 4.07. The number of hydrogen-bond donors (Lipinski definition) is 1. The Balaban J connectivity index is 1.70. The highest BCUT2D eigenvalue weighted by atomic mass is 32.2. The molecule has 2 heterocycles. The van der Waals surface area contributed by atoms with Crippen LogP contribution in [0.1, 0.15) is 24.3 Å². The third kappa shape index (κ3) is 2.37. The van der Waals surface area contributed by atoms with Crippen LogP contribution in [-0.4, -0.2) is 30.2 Å². The van der Waals surface area contributed by atoms with Crippen LogP contribution < -0.4 is 0 Å². The van der Waals surface area contributed by atoms with Crippen molar-refractivity contribution < 1.29 is 9.84 Å². The summed E-state index contributed by atoms with van der Waals surface area (Å²) < 4.78 is 5.48. The maximum absolute atomic E-state index is 9.99. The zero-order chi connectivity index (χ0) is 11.7. The normalized spacial score (nSPS) is 32.4. The molecule has 92 valence electrons. The molecule has 1 aromatic carbocycles. The molecule has 0 spiro atoms. The Labute approximate surface area is 106 Å². The zero-order valence-electron chi connectivity index (χ0n) is 9.84. The Morgan fingerprint density at radius 3 is 3.12 bits per heavy atom. The molecule has 1 aromatic rings. The Kier molecular flexibility index (Phi) is 3.41. The van der Waals surface area contributed by atoms with Gasteiger partial charge in [0.25, 0.3) is 0 Å². The van der Waals surface area contributed by atoms with Crippen LogP contribution in [0, 0.1) is 5.92 Å². The van der Waals surface area contributed by atoms with Crippen LogP contribution >= 0.6 is 11.8 Å². The van der Waals surface area contributed by atoms with Gasteiger partial charge in [-0.2, -0.15) is 0 Å². The van der Waals surface area contributed by atoms with E-state index in [0.717, 1.165) is 25.2 Å². The van der Waals surface area contributed by atoms with Crippen molar-refractivity contribution in [3.8, 4) is 0 Å². The van der Waals surface area contributed by atoms with Gasteiger partial charge in [0.1, 0.15) is 0 Å². The van der Waals surface area contributed by atoms with E-state index in [1.54, 1.807) is 0 Å². The predicted molar refractivity (Wildman–Crippen MR) is 69.5 cm³/mol. The van der Waals surface area contributed by atoms with Gasteiger partial charge < -0.3 is 9.84 Å². The SMILES string of the molecule is OC1CCOCC1CC1CSc2ccccc21. The minimum absolute atomic E-state index is 0.165. The first-order valence-corrected chi connectivity index (χ1v) is 7.30. The van der Waals surface area contributed by atoms with Crippen molar-refractivity contribution in [2.75, 3.05) is 19.0 Å². The largest absolute Gasteiger partial charge is 0.393 e. The molecule has 0 amide bonds. The number of rotatable bonds is 2. The molecule has 3 unspecified atom stereocenters. The molecule has 2 aliphatic heterocycles. The first-order valence-electron chi connectivity index (χ1n) is 6.32. The van der Waals surface area contributed by atoms with E-state index in [2.05, 4.69) is 24.3 Å². The smallest absolute Gasteiger partial charge is 0.0612 e. The highest BCUT2D eigenvalue weighted by molar-refractivity contribution is 7.99. The van der Waals surface area contributed by atoms with Crippen molar-refractivity contribution in [2.45, 2.75) is 29.8 Å². The molecule has 3 atom stereocenters. The molecule has 0 radical (unpaired) electrons. The van der Waals surface area contributed by atoms with Gasteiger partial charge in [-0.15, -0.1) is 11.8 Å². The maximum Gasteiger partial charge on any atom is 0.0612 e. The van der Waals surface area contributed by atoms with E-state index in [1.807, 2.05) is 11.8 Å². The van der Waals surface area contributed by atoms with Crippen molar-refractivity contribution in [3.05, 3.63) is 29.8 Å². The summed E-state index contributed by atoms with van der Waals surface area (Å²) in [5.74, 6) is 2.07. The number of hydrogen-bond acceptors (Lipinski definition) is 3. The summed E-state index contributed by atoms with van der Waals surface area (Å²) in [7, 11) is 0. The van der Waals surface area contributed by atoms with Gasteiger partial charge in [-0.1, -0.05) is 18.2 Å². The molecule has 0 aliphatic carbocycles. The fraction of sp³-hybridized carbons (Fsp3) is 0.571. The van der Waals surface area contributed by atoms with E-state index in [1.165, 1.54) is 10.5 Å². The second kappa shape index (κ2) is 5.01. The summed E-state index contributed by atoms with van der Waals surface area (Å²) >= 11 is 1.94. The van der Waals surface area contributed by atoms with Crippen molar-refractivity contribution in [1.29, 1.82) is 0 Å². The van der Waals surface area contributed by atoms with E-state index in [9.17, 15) is 5.11 Å². The van der Waals surface area contributed by atoms with Crippen LogP contribution in [0.2, 0.25) is 0 Å². The Morgan fingerprint density at radius 1 is 1.35 bits per heavy atom. The number of fused-ring (bicyclic) bond motifs is 1. The molecule has 1 fully saturated rings. The molecule has 3 heteroatoms. The lowest BCUT2D eigenvalue weighted by Crippen LogP contribution is -2.32. The van der Waals surface area contributed by atoms with Crippen LogP contribution in [0.15, 0.2) is 29.2 Å². The predicted octanol–water partition coefficient (Wildman–Crippen LogP) is 2.66. The van der Waals surface area contributed by atoms with Gasteiger partial charge in [0.2, 0.25) is 0 Å². The number of thioether (sulfide) groups is 1. The van der Waals surface area contributed by atoms with E-state index < -0.39 is 0 Å². The standard InChI is InChI=1S/C14H18O2S/c15-13-5-6-16-8-10(13)7-11-9-17-14-4-2-1-3-12(11)14/h1-4,10-11,13,15H,5-9H2. The second-order valence-corrected chi connectivity index (χ2v) is 6.03. The number of aliphatic hydroxyl groups excluding tert-OH is 1. The third-order valence-electron chi connectivity index (χ3n) is 3.82. The van der Waals surface area contributed by atoms with E-state index >= 15 is 0 Å². The summed E-state index contributed by atoms with van der Waals surface area (Å²) in [5, 5.41) is 9.99. The molecule has 0 aromatic heterocycles. The average Bonchev–Trinajstić information content (AvgIpc) is 2.76. The molecule has 1 N–H and O–H groups in total. The van der Waals surface area contributed by atoms with Crippen LogP contribution in [0.25, 0.3) is 0 Å². The van der Waals surface area contributed by atoms with Crippen molar-refractivity contribution in [1.82, 2.24) is 0 Å². The molecular formula is C14H18O2S. The zero-order valence-corrected chi connectivity index (χ0v) is 10.7. The second-order valence-electron chi connectivity index (χ2n) is 4.97. The summed E-state index contributed by atoms with van der Waals surface area (Å²) in [6.45, 7) is 1.44. The van der Waals surface area contributed by atoms with Gasteiger partial charge in [0.05, 0.1) is 12.7 Å². The number of ether oxygens (including phenoxy) is 1. The molecule has 1 saturated heterocycles. The van der Waals surface area contributed by atoms with Gasteiger partial charge >= 0.3 is 0 Å². The summed E-state index contributed by atoms with van der Waals surface area (Å²) in [6, 6.07) is 8.65. The van der Waals surface area contributed by atoms with Crippen LogP contribution in [0.3, 0.4) is 0 Å². The van der Waals surface area contributed by atoms with Gasteiger partial charge in [0.15, 0.2) is 0 Å². The number of benzene rings is 1. The van der Waals surface area contributed by atoms with Crippen molar-refractivity contribution in [2.24, 2.45) is 5.92 Å². The monoisotopic (exact) mass is 250 g/mol. The van der Waals surface area contributed by atoms with Crippen LogP contribution in [0.5, 0.6) is 0 Å². The van der Waals surface area contributed by atoms with Crippen LogP contribution in [0.4, 0.5) is 0 Å². The van der Waals surface area contributed by atoms with E-state index in [4.69, 9.17) is 4.74 Å².